The highest BCUT2D eigenvalue weighted by Gasteiger charge is 2.34. The van der Waals surface area contributed by atoms with Crippen molar-refractivity contribution in [3.05, 3.63) is 52.3 Å². The van der Waals surface area contributed by atoms with Gasteiger partial charge in [-0.15, -0.1) is 11.3 Å². The first kappa shape index (κ1) is 19.0. The third-order valence-electron chi connectivity index (χ3n) is 3.70. The lowest BCUT2D eigenvalue weighted by atomic mass is 10.1. The molecule has 0 radical (unpaired) electrons. The van der Waals surface area contributed by atoms with E-state index >= 15 is 0 Å². The van der Waals surface area contributed by atoms with Crippen molar-refractivity contribution in [1.29, 1.82) is 0 Å². The van der Waals surface area contributed by atoms with Crippen LogP contribution in [0, 0.1) is 0 Å². The van der Waals surface area contributed by atoms with E-state index in [1.165, 1.54) is 25.6 Å². The zero-order chi connectivity index (χ0) is 19.4. The molecule has 0 bridgehead atoms. The summed E-state index contributed by atoms with van der Waals surface area (Å²) in [5.74, 6) is 0.778. The van der Waals surface area contributed by atoms with Crippen LogP contribution in [-0.2, 0) is 12.7 Å². The number of nitrogens with one attached hydrogen (secondary N) is 1. The van der Waals surface area contributed by atoms with Gasteiger partial charge in [0.05, 0.1) is 26.5 Å². The minimum atomic E-state index is -4.59. The topological polar surface area (TPSA) is 56.3 Å². The molecule has 0 unspecified atom stereocenters. The van der Waals surface area contributed by atoms with E-state index in [1.54, 1.807) is 18.2 Å². The van der Waals surface area contributed by atoms with E-state index in [4.69, 9.17) is 9.47 Å². The summed E-state index contributed by atoms with van der Waals surface area (Å²) in [5.41, 5.74) is -0.428. The van der Waals surface area contributed by atoms with E-state index < -0.39 is 11.9 Å². The van der Waals surface area contributed by atoms with Gasteiger partial charge in [0.15, 0.2) is 17.2 Å². The van der Waals surface area contributed by atoms with Crippen LogP contribution in [0.1, 0.15) is 10.6 Å². The van der Waals surface area contributed by atoms with Gasteiger partial charge < -0.3 is 14.8 Å². The largest absolute Gasteiger partial charge is 0.493 e. The van der Waals surface area contributed by atoms with E-state index in [9.17, 15) is 13.2 Å². The first-order valence-corrected chi connectivity index (χ1v) is 8.73. The van der Waals surface area contributed by atoms with Gasteiger partial charge in [-0.1, -0.05) is 6.07 Å². The molecule has 0 spiro atoms. The van der Waals surface area contributed by atoms with Crippen LogP contribution in [0.3, 0.4) is 0 Å². The summed E-state index contributed by atoms with van der Waals surface area (Å²) in [7, 11) is 2.94. The van der Waals surface area contributed by atoms with Crippen LogP contribution in [0.15, 0.2) is 41.8 Å². The summed E-state index contributed by atoms with van der Waals surface area (Å²) < 4.78 is 50.2. The normalized spacial score (nSPS) is 11.3. The second-order valence-electron chi connectivity index (χ2n) is 5.46. The molecule has 0 aliphatic carbocycles. The molecule has 142 valence electrons. The summed E-state index contributed by atoms with van der Waals surface area (Å²) in [6, 6.07) is 9.46. The number of rotatable bonds is 6. The van der Waals surface area contributed by atoms with Gasteiger partial charge in [0.25, 0.3) is 0 Å². The van der Waals surface area contributed by atoms with Crippen LogP contribution in [0.5, 0.6) is 11.5 Å². The van der Waals surface area contributed by atoms with Crippen molar-refractivity contribution in [3.8, 4) is 22.8 Å². The number of halogens is 3. The van der Waals surface area contributed by atoms with Crippen molar-refractivity contribution in [1.82, 2.24) is 9.97 Å². The van der Waals surface area contributed by atoms with Gasteiger partial charge in [-0.3, -0.25) is 0 Å². The Morgan fingerprint density at radius 2 is 1.81 bits per heavy atom. The Bertz CT molecular complexity index is 915. The van der Waals surface area contributed by atoms with Crippen LogP contribution in [-0.4, -0.2) is 24.2 Å². The average Bonchev–Trinajstić information content (AvgIpc) is 3.18. The molecule has 5 nitrogen and oxygen atoms in total. The molecule has 0 saturated carbocycles. The maximum absolute atomic E-state index is 13.3. The number of methoxy groups -OCH3 is 2. The number of hydrogen-bond donors (Lipinski definition) is 1. The maximum Gasteiger partial charge on any atom is 0.433 e. The van der Waals surface area contributed by atoms with Gasteiger partial charge in [0.1, 0.15) is 0 Å². The fraction of sp³-hybridized carbons (Fsp3) is 0.222. The Morgan fingerprint density at radius 1 is 1.04 bits per heavy atom. The molecule has 0 atom stereocenters. The Balaban J connectivity index is 1.99. The summed E-state index contributed by atoms with van der Waals surface area (Å²) >= 11 is 1.49. The van der Waals surface area contributed by atoms with Crippen molar-refractivity contribution in [3.63, 3.8) is 0 Å². The standard InChI is InChI=1S/C18H16F3N3O2S/c1-25-14-6-5-11(8-15(14)26-2)13-9-16(18(19,20)21)24-17(23-13)22-10-12-4-3-7-27-12/h3-9H,10H2,1-2H3,(H,22,23,24). The lowest BCUT2D eigenvalue weighted by Gasteiger charge is -2.13. The number of anilines is 1. The maximum atomic E-state index is 13.3. The first-order chi connectivity index (χ1) is 12.9. The van der Waals surface area contributed by atoms with E-state index in [0.29, 0.717) is 23.6 Å². The van der Waals surface area contributed by atoms with E-state index in [0.717, 1.165) is 10.9 Å². The molecular weight excluding hydrogens is 379 g/mol. The molecule has 0 aliphatic rings. The van der Waals surface area contributed by atoms with Crippen LogP contribution in [0.25, 0.3) is 11.3 Å². The van der Waals surface area contributed by atoms with Gasteiger partial charge >= 0.3 is 6.18 Å². The van der Waals surface area contributed by atoms with Gasteiger partial charge in [0, 0.05) is 10.4 Å². The summed E-state index contributed by atoms with van der Waals surface area (Å²) in [4.78, 5) is 8.80. The van der Waals surface area contributed by atoms with Crippen LogP contribution >= 0.6 is 11.3 Å². The molecule has 1 N–H and O–H groups in total. The van der Waals surface area contributed by atoms with Gasteiger partial charge in [-0.2, -0.15) is 13.2 Å². The number of hydrogen-bond acceptors (Lipinski definition) is 6. The molecule has 3 aromatic rings. The van der Waals surface area contributed by atoms with Crippen LogP contribution in [0.2, 0.25) is 0 Å². The Labute approximate surface area is 157 Å². The predicted molar refractivity (Wildman–Crippen MR) is 97.2 cm³/mol. The summed E-state index contributed by atoms with van der Waals surface area (Å²) in [6.45, 7) is 0.338. The van der Waals surface area contributed by atoms with Crippen molar-refractivity contribution in [2.75, 3.05) is 19.5 Å². The molecule has 0 fully saturated rings. The molecule has 2 heterocycles. The van der Waals surface area contributed by atoms with Gasteiger partial charge in [-0.05, 0) is 35.7 Å². The molecule has 0 saturated heterocycles. The van der Waals surface area contributed by atoms with Crippen LogP contribution < -0.4 is 14.8 Å². The highest BCUT2D eigenvalue weighted by molar-refractivity contribution is 7.09. The average molecular weight is 395 g/mol. The van der Waals surface area contributed by atoms with Crippen molar-refractivity contribution < 1.29 is 22.6 Å². The molecule has 27 heavy (non-hydrogen) atoms. The van der Waals surface area contributed by atoms with Gasteiger partial charge in [0.2, 0.25) is 5.95 Å². The Kier molecular flexibility index (Phi) is 5.50. The molecule has 0 amide bonds. The van der Waals surface area contributed by atoms with E-state index in [2.05, 4.69) is 15.3 Å². The highest BCUT2D eigenvalue weighted by Crippen LogP contribution is 2.35. The quantitative estimate of drug-likeness (QED) is 0.646. The second kappa shape index (κ2) is 7.83. The molecule has 3 rings (SSSR count). The number of aromatic nitrogens is 2. The number of benzene rings is 1. The monoisotopic (exact) mass is 395 g/mol. The number of thiophene rings is 1. The molecule has 9 heteroatoms. The lowest BCUT2D eigenvalue weighted by Crippen LogP contribution is -2.12. The minimum Gasteiger partial charge on any atom is -0.493 e. The predicted octanol–water partition coefficient (Wildman–Crippen LogP) is 4.85. The third-order valence-corrected chi connectivity index (χ3v) is 4.57. The molecule has 1 aromatic carbocycles. The lowest BCUT2D eigenvalue weighted by molar-refractivity contribution is -0.141. The third kappa shape index (κ3) is 4.48. The number of ether oxygens (including phenoxy) is 2. The Hall–Kier alpha value is -2.81. The van der Waals surface area contributed by atoms with Crippen molar-refractivity contribution in [2.45, 2.75) is 12.7 Å². The first-order valence-electron chi connectivity index (χ1n) is 7.85. The van der Waals surface area contributed by atoms with Crippen molar-refractivity contribution in [2.24, 2.45) is 0 Å². The highest BCUT2D eigenvalue weighted by atomic mass is 32.1. The smallest absolute Gasteiger partial charge is 0.433 e. The summed E-state index contributed by atoms with van der Waals surface area (Å²) in [6.07, 6.45) is -4.59. The van der Waals surface area contributed by atoms with Gasteiger partial charge in [-0.25, -0.2) is 9.97 Å². The number of nitrogens with zero attached hydrogens (tertiary/aromatic N) is 2. The SMILES string of the molecule is COc1ccc(-c2cc(C(F)(F)F)nc(NCc3cccs3)n2)cc1OC. The second-order valence-corrected chi connectivity index (χ2v) is 6.49. The minimum absolute atomic E-state index is 0.0944. The van der Waals surface area contributed by atoms with E-state index in [-0.39, 0.29) is 11.6 Å². The molecular formula is C18H16F3N3O2S. The zero-order valence-corrected chi connectivity index (χ0v) is 15.3. The summed E-state index contributed by atoms with van der Waals surface area (Å²) in [5, 5.41) is 4.74. The van der Waals surface area contributed by atoms with Crippen LogP contribution in [0.4, 0.5) is 19.1 Å². The number of alkyl halides is 3. The fourth-order valence-electron chi connectivity index (χ4n) is 2.39. The Morgan fingerprint density at radius 3 is 2.44 bits per heavy atom. The van der Waals surface area contributed by atoms with Crippen molar-refractivity contribution >= 4 is 17.3 Å². The molecule has 2 aromatic heterocycles. The fourth-order valence-corrected chi connectivity index (χ4v) is 3.04. The molecule has 0 aliphatic heterocycles. The zero-order valence-electron chi connectivity index (χ0n) is 14.5. The van der Waals surface area contributed by atoms with E-state index in [1.807, 2.05) is 17.5 Å².